The van der Waals surface area contributed by atoms with Crippen LogP contribution in [0.4, 0.5) is 0 Å². The summed E-state index contributed by atoms with van der Waals surface area (Å²) < 4.78 is 6.69. The van der Waals surface area contributed by atoms with E-state index < -0.39 is 5.97 Å². The Kier molecular flexibility index (Phi) is 3.79. The molecular weight excluding hydrogens is 198 g/mol. The minimum Gasteiger partial charge on any atom is -0.481 e. The quantitative estimate of drug-likeness (QED) is 0.776. The molecule has 0 spiro atoms. The zero-order valence-corrected chi connectivity index (χ0v) is 9.10. The van der Waals surface area contributed by atoms with Crippen LogP contribution >= 0.6 is 0 Å². The van der Waals surface area contributed by atoms with E-state index in [9.17, 15) is 4.79 Å². The lowest BCUT2D eigenvalue weighted by molar-refractivity contribution is -0.136. The Morgan fingerprint density at radius 2 is 2.27 bits per heavy atom. The summed E-state index contributed by atoms with van der Waals surface area (Å²) in [6, 6.07) is 0.144. The summed E-state index contributed by atoms with van der Waals surface area (Å²) in [6.45, 7) is 4.24. The van der Waals surface area contributed by atoms with E-state index >= 15 is 0 Å². The van der Waals surface area contributed by atoms with Crippen LogP contribution in [0.25, 0.3) is 0 Å². The van der Waals surface area contributed by atoms with E-state index in [-0.39, 0.29) is 12.5 Å². The Morgan fingerprint density at radius 1 is 1.60 bits per heavy atom. The average Bonchev–Trinajstić information content (AvgIpc) is 2.48. The van der Waals surface area contributed by atoms with Gasteiger partial charge in [0.05, 0.1) is 24.4 Å². The van der Waals surface area contributed by atoms with Crippen LogP contribution in [0.3, 0.4) is 0 Å². The van der Waals surface area contributed by atoms with E-state index in [1.807, 2.05) is 13.8 Å². The molecule has 84 valence electrons. The maximum atomic E-state index is 10.6. The van der Waals surface area contributed by atoms with Gasteiger partial charge in [-0.2, -0.15) is 0 Å². The van der Waals surface area contributed by atoms with Crippen LogP contribution in [-0.4, -0.2) is 33.2 Å². The molecule has 0 bridgehead atoms. The highest BCUT2D eigenvalue weighted by Gasteiger charge is 2.16. The number of rotatable bonds is 5. The Labute approximate surface area is 87.9 Å². The molecule has 0 atom stereocenters. The van der Waals surface area contributed by atoms with Gasteiger partial charge in [-0.25, -0.2) is 4.68 Å². The van der Waals surface area contributed by atoms with Gasteiger partial charge in [0.15, 0.2) is 0 Å². The Bertz CT molecular complexity index is 346. The molecule has 1 heterocycles. The molecule has 0 amide bonds. The molecule has 6 heteroatoms. The lowest BCUT2D eigenvalue weighted by Gasteiger charge is -2.09. The van der Waals surface area contributed by atoms with Crippen LogP contribution in [-0.2, 0) is 22.6 Å². The average molecular weight is 213 g/mol. The largest absolute Gasteiger partial charge is 0.481 e. The predicted octanol–water partition coefficient (Wildman–Crippen LogP) is 0.632. The molecule has 0 saturated heterocycles. The van der Waals surface area contributed by atoms with Crippen LogP contribution in [0.2, 0.25) is 0 Å². The lowest BCUT2D eigenvalue weighted by atomic mass is 10.2. The van der Waals surface area contributed by atoms with Gasteiger partial charge in [-0.15, -0.1) is 5.10 Å². The van der Waals surface area contributed by atoms with Gasteiger partial charge in [0.25, 0.3) is 0 Å². The highest BCUT2D eigenvalue weighted by Crippen LogP contribution is 2.13. The summed E-state index contributed by atoms with van der Waals surface area (Å²) in [5, 5.41) is 16.4. The topological polar surface area (TPSA) is 77.2 Å². The number of aliphatic carboxylic acids is 1. The van der Waals surface area contributed by atoms with Crippen molar-refractivity contribution in [1.82, 2.24) is 15.0 Å². The van der Waals surface area contributed by atoms with Crippen molar-refractivity contribution in [2.45, 2.75) is 32.9 Å². The van der Waals surface area contributed by atoms with E-state index in [1.165, 1.54) is 0 Å². The molecule has 15 heavy (non-hydrogen) atoms. The second kappa shape index (κ2) is 4.88. The summed E-state index contributed by atoms with van der Waals surface area (Å²) in [6.07, 6.45) is -0.120. The number of carbonyl (C=O) groups is 1. The van der Waals surface area contributed by atoms with Gasteiger partial charge in [-0.05, 0) is 13.8 Å². The van der Waals surface area contributed by atoms with Crippen molar-refractivity contribution in [2.24, 2.45) is 0 Å². The van der Waals surface area contributed by atoms with Gasteiger partial charge in [0.1, 0.15) is 0 Å². The number of ether oxygens (including phenoxy) is 1. The zero-order chi connectivity index (χ0) is 11.4. The molecule has 0 radical (unpaired) electrons. The Morgan fingerprint density at radius 3 is 2.73 bits per heavy atom. The maximum Gasteiger partial charge on any atom is 0.309 e. The van der Waals surface area contributed by atoms with Crippen molar-refractivity contribution in [3.63, 3.8) is 0 Å². The first-order valence-electron chi connectivity index (χ1n) is 4.70. The molecule has 1 N–H and O–H groups in total. The molecule has 1 rings (SSSR count). The molecule has 0 fully saturated rings. The monoisotopic (exact) mass is 213 g/mol. The summed E-state index contributed by atoms with van der Waals surface area (Å²) in [5.74, 6) is -0.914. The number of nitrogens with zero attached hydrogens (tertiary/aromatic N) is 3. The molecule has 0 unspecified atom stereocenters. The Balaban J connectivity index is 3.00. The van der Waals surface area contributed by atoms with E-state index in [0.717, 1.165) is 5.69 Å². The highest BCUT2D eigenvalue weighted by molar-refractivity contribution is 5.69. The van der Waals surface area contributed by atoms with Gasteiger partial charge in [-0.1, -0.05) is 5.21 Å². The van der Waals surface area contributed by atoms with Crippen molar-refractivity contribution in [1.29, 1.82) is 0 Å². The molecule has 0 aliphatic heterocycles. The molecule has 0 aromatic carbocycles. The van der Waals surface area contributed by atoms with Crippen LogP contribution in [0.15, 0.2) is 0 Å². The number of hydrogen-bond donors (Lipinski definition) is 1. The smallest absolute Gasteiger partial charge is 0.309 e. The summed E-state index contributed by atoms with van der Waals surface area (Å²) in [4.78, 5) is 10.6. The first kappa shape index (κ1) is 11.6. The molecular formula is C9H15N3O3. The number of carboxylic acid groups (broad SMARTS) is 1. The zero-order valence-electron chi connectivity index (χ0n) is 9.10. The van der Waals surface area contributed by atoms with E-state index in [2.05, 4.69) is 10.3 Å². The van der Waals surface area contributed by atoms with E-state index in [4.69, 9.17) is 9.84 Å². The lowest BCUT2D eigenvalue weighted by Crippen LogP contribution is -2.10. The summed E-state index contributed by atoms with van der Waals surface area (Å²) in [7, 11) is 1.56. The van der Waals surface area contributed by atoms with Crippen molar-refractivity contribution < 1.29 is 14.6 Å². The highest BCUT2D eigenvalue weighted by atomic mass is 16.5. The fraction of sp³-hybridized carbons (Fsp3) is 0.667. The minimum absolute atomic E-state index is 0.120. The second-order valence-corrected chi connectivity index (χ2v) is 3.52. The Hall–Kier alpha value is -1.43. The van der Waals surface area contributed by atoms with E-state index in [0.29, 0.717) is 12.3 Å². The second-order valence-electron chi connectivity index (χ2n) is 3.52. The minimum atomic E-state index is -0.914. The number of methoxy groups -OCH3 is 1. The number of carboxylic acids is 1. The van der Waals surface area contributed by atoms with Crippen LogP contribution < -0.4 is 0 Å². The van der Waals surface area contributed by atoms with Crippen molar-refractivity contribution in [3.8, 4) is 0 Å². The van der Waals surface area contributed by atoms with Gasteiger partial charge in [-0.3, -0.25) is 4.79 Å². The molecule has 1 aromatic rings. The first-order valence-corrected chi connectivity index (χ1v) is 4.70. The molecule has 6 nitrogen and oxygen atoms in total. The van der Waals surface area contributed by atoms with E-state index in [1.54, 1.807) is 11.8 Å². The molecule has 0 saturated carbocycles. The molecule has 0 aliphatic rings. The maximum absolute atomic E-state index is 10.6. The van der Waals surface area contributed by atoms with Crippen LogP contribution in [0, 0.1) is 0 Å². The SMILES string of the molecule is COCc1c(CC(=O)O)nnn1C(C)C. The standard InChI is InChI=1S/C9H15N3O3/c1-6(2)12-8(5-15-3)7(10-11-12)4-9(13)14/h6H,4-5H2,1-3H3,(H,13,14). The van der Waals surface area contributed by atoms with Gasteiger partial charge in [0, 0.05) is 13.2 Å². The van der Waals surface area contributed by atoms with Gasteiger partial charge >= 0.3 is 5.97 Å². The fourth-order valence-electron chi connectivity index (χ4n) is 1.33. The van der Waals surface area contributed by atoms with Crippen molar-refractivity contribution in [3.05, 3.63) is 11.4 Å². The summed E-state index contributed by atoms with van der Waals surface area (Å²) >= 11 is 0. The molecule has 1 aromatic heterocycles. The molecule has 0 aliphatic carbocycles. The first-order chi connectivity index (χ1) is 7.06. The van der Waals surface area contributed by atoms with Crippen LogP contribution in [0.5, 0.6) is 0 Å². The van der Waals surface area contributed by atoms with Gasteiger partial charge in [0.2, 0.25) is 0 Å². The van der Waals surface area contributed by atoms with Crippen molar-refractivity contribution >= 4 is 5.97 Å². The summed E-state index contributed by atoms with van der Waals surface area (Å²) in [5.41, 5.74) is 1.20. The number of aromatic nitrogens is 3. The van der Waals surface area contributed by atoms with Crippen LogP contribution in [0.1, 0.15) is 31.3 Å². The predicted molar refractivity (Wildman–Crippen MR) is 52.5 cm³/mol. The fourth-order valence-corrected chi connectivity index (χ4v) is 1.33. The third kappa shape index (κ3) is 2.76. The third-order valence-corrected chi connectivity index (χ3v) is 1.96. The normalized spacial score (nSPS) is 10.9. The van der Waals surface area contributed by atoms with Crippen molar-refractivity contribution in [2.75, 3.05) is 7.11 Å². The van der Waals surface area contributed by atoms with Gasteiger partial charge < -0.3 is 9.84 Å². The number of hydrogen-bond acceptors (Lipinski definition) is 4. The third-order valence-electron chi connectivity index (χ3n) is 1.96.